The zero-order valence-corrected chi connectivity index (χ0v) is 12.8. The highest BCUT2D eigenvalue weighted by molar-refractivity contribution is 5.81. The summed E-state index contributed by atoms with van der Waals surface area (Å²) in [5.74, 6) is 0.472. The van der Waals surface area contributed by atoms with Crippen LogP contribution >= 0.6 is 0 Å². The van der Waals surface area contributed by atoms with Gasteiger partial charge in [-0.1, -0.05) is 26.0 Å². The fraction of sp³-hybridized carbons (Fsp3) is 0.562. The molecule has 0 radical (unpaired) electrons. The monoisotopic (exact) mass is 279 g/mol. The molecule has 1 rings (SSSR count). The molecule has 0 fully saturated rings. The maximum absolute atomic E-state index is 12.1. The molecule has 1 unspecified atom stereocenters. The molecule has 0 spiro atoms. The Morgan fingerprint density at radius 2 is 2.05 bits per heavy atom. The molecule has 1 atom stereocenters. The van der Waals surface area contributed by atoms with Gasteiger partial charge in [0.1, 0.15) is 5.75 Å². The standard InChI is InChI=1S/C16H25NO3/c1-5-16(4,6-2)17-15(19)12(3)20-14-9-7-8-13(10-14)11-18/h7-10,12,18H,5-6,11H2,1-4H3,(H,17,19). The summed E-state index contributed by atoms with van der Waals surface area (Å²) in [5, 5.41) is 12.1. The van der Waals surface area contributed by atoms with Gasteiger partial charge in [-0.2, -0.15) is 0 Å². The van der Waals surface area contributed by atoms with Crippen LogP contribution in [0.2, 0.25) is 0 Å². The quantitative estimate of drug-likeness (QED) is 0.806. The molecule has 0 heterocycles. The third-order valence-electron chi connectivity index (χ3n) is 3.75. The molecule has 4 heteroatoms. The lowest BCUT2D eigenvalue weighted by atomic mass is 9.95. The molecule has 2 N–H and O–H groups in total. The Hall–Kier alpha value is -1.55. The third kappa shape index (κ3) is 4.53. The van der Waals surface area contributed by atoms with Crippen LogP contribution in [0.25, 0.3) is 0 Å². The Kier molecular flexibility index (Phi) is 6.02. The second-order valence-corrected chi connectivity index (χ2v) is 5.32. The molecule has 0 bridgehead atoms. The fourth-order valence-corrected chi connectivity index (χ4v) is 1.80. The van der Waals surface area contributed by atoms with Crippen LogP contribution in [0, 0.1) is 0 Å². The van der Waals surface area contributed by atoms with E-state index in [2.05, 4.69) is 19.2 Å². The first-order valence-electron chi connectivity index (χ1n) is 7.12. The Morgan fingerprint density at radius 3 is 2.60 bits per heavy atom. The number of benzene rings is 1. The van der Waals surface area contributed by atoms with Gasteiger partial charge in [0.15, 0.2) is 6.10 Å². The van der Waals surface area contributed by atoms with Crippen molar-refractivity contribution in [2.75, 3.05) is 0 Å². The number of ether oxygens (including phenoxy) is 1. The van der Waals surface area contributed by atoms with Crippen LogP contribution in [0.1, 0.15) is 46.1 Å². The molecule has 1 aromatic rings. The van der Waals surface area contributed by atoms with Gasteiger partial charge in [-0.3, -0.25) is 4.79 Å². The highest BCUT2D eigenvalue weighted by atomic mass is 16.5. The Balaban J connectivity index is 2.65. The van der Waals surface area contributed by atoms with Crippen LogP contribution in [0.15, 0.2) is 24.3 Å². The largest absolute Gasteiger partial charge is 0.481 e. The fourth-order valence-electron chi connectivity index (χ4n) is 1.80. The normalized spacial score (nSPS) is 12.8. The SMILES string of the molecule is CCC(C)(CC)NC(=O)C(C)Oc1cccc(CO)c1. The molecule has 0 aliphatic carbocycles. The highest BCUT2D eigenvalue weighted by Crippen LogP contribution is 2.17. The molecular weight excluding hydrogens is 254 g/mol. The zero-order chi connectivity index (χ0) is 15.2. The lowest BCUT2D eigenvalue weighted by Crippen LogP contribution is -2.49. The first-order chi connectivity index (χ1) is 9.44. The van der Waals surface area contributed by atoms with Crippen molar-refractivity contribution < 1.29 is 14.6 Å². The van der Waals surface area contributed by atoms with Crippen molar-refractivity contribution in [3.8, 4) is 5.75 Å². The molecule has 1 amide bonds. The number of rotatable bonds is 7. The second kappa shape index (κ2) is 7.29. The maximum atomic E-state index is 12.1. The molecule has 1 aromatic carbocycles. The van der Waals surface area contributed by atoms with E-state index in [-0.39, 0.29) is 18.1 Å². The Morgan fingerprint density at radius 1 is 1.40 bits per heavy atom. The van der Waals surface area contributed by atoms with Gasteiger partial charge in [-0.15, -0.1) is 0 Å². The summed E-state index contributed by atoms with van der Waals surface area (Å²) in [5.41, 5.74) is 0.573. The van der Waals surface area contributed by atoms with Gasteiger partial charge in [0.25, 0.3) is 5.91 Å². The zero-order valence-electron chi connectivity index (χ0n) is 12.8. The summed E-state index contributed by atoms with van der Waals surface area (Å²) in [6.07, 6.45) is 1.19. The highest BCUT2D eigenvalue weighted by Gasteiger charge is 2.25. The minimum atomic E-state index is -0.568. The number of aliphatic hydroxyl groups excluding tert-OH is 1. The van der Waals surface area contributed by atoms with Crippen LogP contribution in [-0.2, 0) is 11.4 Å². The van der Waals surface area contributed by atoms with Crippen molar-refractivity contribution in [3.63, 3.8) is 0 Å². The minimum Gasteiger partial charge on any atom is -0.481 e. The lowest BCUT2D eigenvalue weighted by Gasteiger charge is -2.29. The van der Waals surface area contributed by atoms with E-state index in [4.69, 9.17) is 9.84 Å². The molecule has 0 saturated heterocycles. The summed E-state index contributed by atoms with van der Waals surface area (Å²) in [6, 6.07) is 7.13. The smallest absolute Gasteiger partial charge is 0.261 e. The van der Waals surface area contributed by atoms with Gasteiger partial charge in [0, 0.05) is 5.54 Å². The van der Waals surface area contributed by atoms with Gasteiger partial charge in [0.2, 0.25) is 0 Å². The summed E-state index contributed by atoms with van der Waals surface area (Å²) in [7, 11) is 0. The van der Waals surface area contributed by atoms with Crippen molar-refractivity contribution in [2.45, 2.75) is 58.8 Å². The van der Waals surface area contributed by atoms with Gasteiger partial charge < -0.3 is 15.2 Å². The Bertz CT molecular complexity index is 441. The van der Waals surface area contributed by atoms with Gasteiger partial charge in [-0.25, -0.2) is 0 Å². The first kappa shape index (κ1) is 16.5. The van der Waals surface area contributed by atoms with Crippen molar-refractivity contribution in [2.24, 2.45) is 0 Å². The predicted octanol–water partition coefficient (Wildman–Crippen LogP) is 2.64. The van der Waals surface area contributed by atoms with E-state index in [0.717, 1.165) is 18.4 Å². The summed E-state index contributed by atoms with van der Waals surface area (Å²) < 4.78 is 5.63. The van der Waals surface area contributed by atoms with Gasteiger partial charge >= 0.3 is 0 Å². The molecule has 0 aromatic heterocycles. The predicted molar refractivity (Wildman–Crippen MR) is 79.6 cm³/mol. The number of carbonyl (C=O) groups excluding carboxylic acids is 1. The van der Waals surface area contributed by atoms with Crippen LogP contribution < -0.4 is 10.1 Å². The topological polar surface area (TPSA) is 58.6 Å². The van der Waals surface area contributed by atoms with E-state index in [9.17, 15) is 4.79 Å². The maximum Gasteiger partial charge on any atom is 0.261 e. The van der Waals surface area contributed by atoms with E-state index in [1.165, 1.54) is 0 Å². The number of nitrogens with one attached hydrogen (secondary N) is 1. The number of hydrogen-bond acceptors (Lipinski definition) is 3. The number of carbonyl (C=O) groups is 1. The molecule has 112 valence electrons. The van der Waals surface area contributed by atoms with Crippen LogP contribution in [0.4, 0.5) is 0 Å². The average molecular weight is 279 g/mol. The summed E-state index contributed by atoms with van der Waals surface area (Å²) in [6.45, 7) is 7.83. The van der Waals surface area contributed by atoms with E-state index in [1.807, 2.05) is 13.0 Å². The van der Waals surface area contributed by atoms with Crippen molar-refractivity contribution >= 4 is 5.91 Å². The molecule has 0 aliphatic heterocycles. The molecule has 4 nitrogen and oxygen atoms in total. The van der Waals surface area contributed by atoms with E-state index < -0.39 is 6.10 Å². The van der Waals surface area contributed by atoms with Crippen molar-refractivity contribution in [1.29, 1.82) is 0 Å². The van der Waals surface area contributed by atoms with E-state index in [1.54, 1.807) is 25.1 Å². The molecule has 0 saturated carbocycles. The van der Waals surface area contributed by atoms with Crippen molar-refractivity contribution in [1.82, 2.24) is 5.32 Å². The summed E-state index contributed by atoms with van der Waals surface area (Å²) in [4.78, 5) is 12.1. The number of hydrogen-bond donors (Lipinski definition) is 2. The van der Waals surface area contributed by atoms with Crippen LogP contribution in [-0.4, -0.2) is 22.7 Å². The van der Waals surface area contributed by atoms with Gasteiger partial charge in [0.05, 0.1) is 6.61 Å². The van der Waals surface area contributed by atoms with Gasteiger partial charge in [-0.05, 0) is 44.4 Å². The average Bonchev–Trinajstić information content (AvgIpc) is 2.47. The second-order valence-electron chi connectivity index (χ2n) is 5.32. The Labute approximate surface area is 121 Å². The molecule has 20 heavy (non-hydrogen) atoms. The number of aliphatic hydroxyl groups is 1. The molecule has 0 aliphatic rings. The molecular formula is C16H25NO3. The number of amides is 1. The lowest BCUT2D eigenvalue weighted by molar-refractivity contribution is -0.129. The minimum absolute atomic E-state index is 0.0402. The van der Waals surface area contributed by atoms with Crippen LogP contribution in [0.3, 0.4) is 0 Å². The van der Waals surface area contributed by atoms with Crippen molar-refractivity contribution in [3.05, 3.63) is 29.8 Å². The third-order valence-corrected chi connectivity index (χ3v) is 3.75. The van der Waals surface area contributed by atoms with E-state index >= 15 is 0 Å². The summed E-state index contributed by atoms with van der Waals surface area (Å²) >= 11 is 0. The van der Waals surface area contributed by atoms with Crippen LogP contribution in [0.5, 0.6) is 5.75 Å². The van der Waals surface area contributed by atoms with E-state index in [0.29, 0.717) is 5.75 Å². The first-order valence-corrected chi connectivity index (χ1v) is 7.12.